The van der Waals surface area contributed by atoms with Crippen LogP contribution in [-0.4, -0.2) is 40.5 Å². The van der Waals surface area contributed by atoms with Gasteiger partial charge in [-0.25, -0.2) is 4.79 Å². The number of hydrogen-bond donors (Lipinski definition) is 1. The van der Waals surface area contributed by atoms with Gasteiger partial charge in [0.25, 0.3) is 0 Å². The van der Waals surface area contributed by atoms with Crippen LogP contribution in [0.15, 0.2) is 30.3 Å². The van der Waals surface area contributed by atoms with E-state index >= 15 is 0 Å². The molecular weight excluding hydrogens is 437 g/mol. The predicted octanol–water partition coefficient (Wildman–Crippen LogP) is 2.74. The number of ether oxygens (including phenoxy) is 2. The maximum absolute atomic E-state index is 12.5. The highest BCUT2D eigenvalue weighted by Crippen LogP contribution is 2.16. The third kappa shape index (κ3) is 6.74. The van der Waals surface area contributed by atoms with Gasteiger partial charge in [-0.1, -0.05) is 44.2 Å². The van der Waals surface area contributed by atoms with Crippen molar-refractivity contribution in [2.75, 3.05) is 11.2 Å². The SMILES string of the molecule is CC(C)C(NCC(=O)c1ccccc1)C(=O)OC(C)(C)C(=O)OCI. The van der Waals surface area contributed by atoms with Crippen LogP contribution < -0.4 is 5.32 Å². The first-order valence-corrected chi connectivity index (χ1v) is 9.49. The molecule has 0 saturated heterocycles. The first-order valence-electron chi connectivity index (χ1n) is 7.96. The Morgan fingerprint density at radius 1 is 1.16 bits per heavy atom. The van der Waals surface area contributed by atoms with E-state index in [4.69, 9.17) is 9.47 Å². The molecule has 7 heteroatoms. The summed E-state index contributed by atoms with van der Waals surface area (Å²) < 4.78 is 10.4. The minimum absolute atomic E-state index is 0.000581. The molecule has 0 aliphatic carbocycles. The van der Waals surface area contributed by atoms with Gasteiger partial charge in [-0.2, -0.15) is 0 Å². The largest absolute Gasteiger partial charge is 0.452 e. The average molecular weight is 461 g/mol. The quantitative estimate of drug-likeness (QED) is 0.264. The lowest BCUT2D eigenvalue weighted by atomic mass is 10.0. The normalized spacial score (nSPS) is 12.6. The molecule has 1 unspecified atom stereocenters. The van der Waals surface area contributed by atoms with E-state index in [1.165, 1.54) is 13.8 Å². The highest BCUT2D eigenvalue weighted by atomic mass is 127. The van der Waals surface area contributed by atoms with Crippen molar-refractivity contribution in [2.24, 2.45) is 5.92 Å². The highest BCUT2D eigenvalue weighted by molar-refractivity contribution is 14.1. The molecule has 0 aromatic heterocycles. The third-order valence-corrected chi connectivity index (χ3v) is 3.84. The van der Waals surface area contributed by atoms with Gasteiger partial charge in [-0.15, -0.1) is 0 Å². The fraction of sp³-hybridized carbons (Fsp3) is 0.500. The molecule has 25 heavy (non-hydrogen) atoms. The van der Waals surface area contributed by atoms with Crippen LogP contribution in [0.1, 0.15) is 38.1 Å². The number of halogens is 1. The number of carbonyl (C=O) groups is 3. The third-order valence-electron chi connectivity index (χ3n) is 3.53. The van der Waals surface area contributed by atoms with Crippen molar-refractivity contribution >= 4 is 40.3 Å². The molecule has 1 rings (SSSR count). The van der Waals surface area contributed by atoms with Crippen LogP contribution in [0, 0.1) is 5.92 Å². The Balaban J connectivity index is 2.71. The monoisotopic (exact) mass is 461 g/mol. The summed E-state index contributed by atoms with van der Waals surface area (Å²) >= 11 is 1.89. The van der Waals surface area contributed by atoms with Gasteiger partial charge in [0.2, 0.25) is 5.60 Å². The molecule has 0 amide bonds. The number of carbonyl (C=O) groups excluding carboxylic acids is 3. The van der Waals surface area contributed by atoms with Crippen molar-refractivity contribution in [3.63, 3.8) is 0 Å². The summed E-state index contributed by atoms with van der Waals surface area (Å²) in [5.74, 6) is -1.44. The summed E-state index contributed by atoms with van der Waals surface area (Å²) in [4.78, 5) is 36.5. The smallest absolute Gasteiger partial charge is 0.350 e. The van der Waals surface area contributed by atoms with Gasteiger partial charge in [-0.05, 0) is 42.4 Å². The van der Waals surface area contributed by atoms with Gasteiger partial charge >= 0.3 is 11.9 Å². The fourth-order valence-corrected chi connectivity index (χ4v) is 2.38. The summed E-state index contributed by atoms with van der Waals surface area (Å²) in [6.45, 7) is 6.63. The molecule has 0 heterocycles. The number of nitrogens with one attached hydrogen (secondary N) is 1. The summed E-state index contributed by atoms with van der Waals surface area (Å²) in [6, 6.07) is 8.12. The molecule has 0 saturated carbocycles. The second-order valence-corrected chi connectivity index (χ2v) is 6.99. The van der Waals surface area contributed by atoms with E-state index < -0.39 is 23.6 Å². The van der Waals surface area contributed by atoms with Gasteiger partial charge < -0.3 is 9.47 Å². The van der Waals surface area contributed by atoms with E-state index in [-0.39, 0.29) is 22.9 Å². The van der Waals surface area contributed by atoms with Crippen molar-refractivity contribution < 1.29 is 23.9 Å². The number of Topliss-reactive ketones (excluding diaryl/α,β-unsaturated/α-hetero) is 1. The van der Waals surface area contributed by atoms with E-state index in [0.717, 1.165) is 0 Å². The van der Waals surface area contributed by atoms with E-state index in [1.807, 2.05) is 42.5 Å². The summed E-state index contributed by atoms with van der Waals surface area (Å²) in [7, 11) is 0. The first kappa shape index (κ1) is 21.6. The maximum atomic E-state index is 12.5. The number of rotatable bonds is 9. The summed E-state index contributed by atoms with van der Waals surface area (Å²) in [5, 5.41) is 2.93. The first-order chi connectivity index (χ1) is 11.7. The lowest BCUT2D eigenvalue weighted by Gasteiger charge is -2.27. The Labute approximate surface area is 161 Å². The van der Waals surface area contributed by atoms with Crippen LogP contribution in [0.3, 0.4) is 0 Å². The fourth-order valence-electron chi connectivity index (χ4n) is 2.10. The number of esters is 2. The van der Waals surface area contributed by atoms with Gasteiger partial charge in [-0.3, -0.25) is 14.9 Å². The molecule has 0 radical (unpaired) electrons. The van der Waals surface area contributed by atoms with Crippen LogP contribution in [0.2, 0.25) is 0 Å². The van der Waals surface area contributed by atoms with Gasteiger partial charge in [0.15, 0.2) is 5.78 Å². The van der Waals surface area contributed by atoms with E-state index in [0.29, 0.717) is 5.56 Å². The summed E-state index contributed by atoms with van der Waals surface area (Å²) in [6.07, 6.45) is 0. The maximum Gasteiger partial charge on any atom is 0.350 e. The van der Waals surface area contributed by atoms with Crippen molar-refractivity contribution in [2.45, 2.75) is 39.3 Å². The van der Waals surface area contributed by atoms with Crippen LogP contribution in [0.4, 0.5) is 0 Å². The van der Waals surface area contributed by atoms with Crippen molar-refractivity contribution in [1.29, 1.82) is 0 Å². The summed E-state index contributed by atoms with van der Waals surface area (Å²) in [5.41, 5.74) is -0.822. The standard InChI is InChI=1S/C18H24INO5/c1-12(2)15(16(22)25-18(3,4)17(23)24-11-19)20-10-14(21)13-8-6-5-7-9-13/h5-9,12,15,20H,10-11H2,1-4H3. The molecule has 1 aromatic rings. The molecule has 0 aliphatic rings. The number of hydrogen-bond acceptors (Lipinski definition) is 6. The molecule has 0 spiro atoms. The highest BCUT2D eigenvalue weighted by Gasteiger charge is 2.37. The zero-order valence-corrected chi connectivity index (χ0v) is 17.0. The Bertz CT molecular complexity index is 601. The van der Waals surface area contributed by atoms with Crippen molar-refractivity contribution in [1.82, 2.24) is 5.32 Å². The van der Waals surface area contributed by atoms with Crippen LogP contribution in [-0.2, 0) is 19.1 Å². The number of ketones is 1. The Morgan fingerprint density at radius 3 is 2.28 bits per heavy atom. The van der Waals surface area contributed by atoms with Crippen LogP contribution in [0.25, 0.3) is 0 Å². The Hall–Kier alpha value is -1.48. The molecule has 0 fully saturated rings. The zero-order valence-electron chi connectivity index (χ0n) is 14.9. The minimum atomic E-state index is -1.39. The second kappa shape index (κ2) is 9.86. The van der Waals surface area contributed by atoms with Gasteiger partial charge in [0.05, 0.1) is 6.54 Å². The van der Waals surface area contributed by atoms with E-state index in [9.17, 15) is 14.4 Å². The van der Waals surface area contributed by atoms with Gasteiger partial charge in [0, 0.05) is 5.56 Å². The lowest BCUT2D eigenvalue weighted by Crippen LogP contribution is -2.49. The molecule has 1 N–H and O–H groups in total. The van der Waals surface area contributed by atoms with Gasteiger partial charge in [0.1, 0.15) is 10.7 Å². The molecule has 0 aliphatic heterocycles. The number of benzene rings is 1. The van der Waals surface area contributed by atoms with E-state index in [2.05, 4.69) is 5.32 Å². The molecule has 138 valence electrons. The predicted molar refractivity (Wildman–Crippen MR) is 103 cm³/mol. The molecule has 6 nitrogen and oxygen atoms in total. The second-order valence-electron chi connectivity index (χ2n) is 6.36. The lowest BCUT2D eigenvalue weighted by molar-refractivity contribution is -0.178. The number of alkyl halides is 1. The van der Waals surface area contributed by atoms with Crippen molar-refractivity contribution in [3.05, 3.63) is 35.9 Å². The van der Waals surface area contributed by atoms with Crippen LogP contribution >= 0.6 is 22.6 Å². The average Bonchev–Trinajstić information content (AvgIpc) is 2.55. The molecular formula is C18H24INO5. The van der Waals surface area contributed by atoms with Crippen LogP contribution in [0.5, 0.6) is 0 Å². The molecule has 1 atom stereocenters. The molecule has 1 aromatic carbocycles. The zero-order chi connectivity index (χ0) is 19.0. The van der Waals surface area contributed by atoms with E-state index in [1.54, 1.807) is 24.3 Å². The topological polar surface area (TPSA) is 81.7 Å². The minimum Gasteiger partial charge on any atom is -0.452 e. The Morgan fingerprint density at radius 2 is 1.76 bits per heavy atom. The Kier molecular flexibility index (Phi) is 8.51. The van der Waals surface area contributed by atoms with Crippen molar-refractivity contribution in [3.8, 4) is 0 Å². The molecule has 0 bridgehead atoms.